The quantitative estimate of drug-likeness (QED) is 0.0234. The molecule has 0 spiro atoms. The van der Waals surface area contributed by atoms with E-state index in [9.17, 15) is 29.1 Å². The van der Waals surface area contributed by atoms with Gasteiger partial charge in [-0.05, 0) is 103 Å². The first-order valence-electron chi connectivity index (χ1n) is 20.6. The number of benzene rings is 2. The smallest absolute Gasteiger partial charge is 0.465 e. The lowest BCUT2D eigenvalue weighted by Gasteiger charge is -2.22. The van der Waals surface area contributed by atoms with Crippen LogP contribution in [0.15, 0.2) is 55.1 Å². The Morgan fingerprint density at radius 1 is 0.949 bits per heavy atom. The summed E-state index contributed by atoms with van der Waals surface area (Å²) in [7, 11) is 0. The van der Waals surface area contributed by atoms with Gasteiger partial charge in [0.15, 0.2) is 11.5 Å². The van der Waals surface area contributed by atoms with E-state index in [1.54, 1.807) is 36.4 Å². The molecule has 1 heterocycles. The van der Waals surface area contributed by atoms with Crippen LogP contribution >= 0.6 is 0 Å². The maximum absolute atomic E-state index is 14.2. The molecule has 1 unspecified atom stereocenters. The molecule has 1 aromatic heterocycles. The van der Waals surface area contributed by atoms with Crippen LogP contribution in [-0.4, -0.2) is 71.1 Å². The van der Waals surface area contributed by atoms with E-state index in [1.165, 1.54) is 25.1 Å². The molecule has 2 saturated carbocycles. The van der Waals surface area contributed by atoms with E-state index in [0.29, 0.717) is 41.3 Å². The fraction of sp³-hybridized carbons (Fsp3) is 0.457. The minimum Gasteiger partial charge on any atom is -0.465 e. The van der Waals surface area contributed by atoms with Gasteiger partial charge in [0, 0.05) is 36.7 Å². The summed E-state index contributed by atoms with van der Waals surface area (Å²) < 4.78 is 21.5. The van der Waals surface area contributed by atoms with E-state index in [0.717, 1.165) is 70.6 Å². The summed E-state index contributed by atoms with van der Waals surface area (Å²) >= 11 is 0. The van der Waals surface area contributed by atoms with Crippen molar-refractivity contribution in [3.05, 3.63) is 94.3 Å². The predicted octanol–water partition coefficient (Wildman–Crippen LogP) is 8.32. The summed E-state index contributed by atoms with van der Waals surface area (Å²) in [6.07, 6.45) is 8.95. The van der Waals surface area contributed by atoms with Gasteiger partial charge in [-0.3, -0.25) is 14.4 Å². The number of amides is 1. The summed E-state index contributed by atoms with van der Waals surface area (Å²) in [4.78, 5) is 70.6. The fourth-order valence-corrected chi connectivity index (χ4v) is 6.88. The number of aromatic nitrogens is 1. The van der Waals surface area contributed by atoms with Gasteiger partial charge in [-0.25, -0.2) is 14.6 Å². The molecule has 3 N–H and O–H groups in total. The SMILES string of the molecule is C=Cc1cc(C(=O)Cc2ccc(C(=N)CC(=O)OCCCCCC)cc2)c(-c2ccc(C(=O)NCC3CC3)nc2C(=O)OC(C)OC(=O)OC2CCCCC2)cc1CO. The highest BCUT2D eigenvalue weighted by Crippen LogP contribution is 2.33. The minimum atomic E-state index is -1.39. The first kappa shape index (κ1) is 44.4. The molecule has 1 atom stereocenters. The number of rotatable bonds is 21. The summed E-state index contributed by atoms with van der Waals surface area (Å²) in [6.45, 7) is 7.69. The summed E-state index contributed by atoms with van der Waals surface area (Å²) in [5, 5.41) is 21.6. The molecule has 13 heteroatoms. The minimum absolute atomic E-state index is 0.0597. The lowest BCUT2D eigenvalue weighted by Crippen LogP contribution is -2.28. The van der Waals surface area contributed by atoms with Gasteiger partial charge in [0.25, 0.3) is 5.91 Å². The zero-order valence-electron chi connectivity index (χ0n) is 34.0. The molecule has 3 aromatic rings. The Labute approximate surface area is 345 Å². The number of ether oxygens (including phenoxy) is 4. The van der Waals surface area contributed by atoms with Crippen molar-refractivity contribution >= 4 is 41.6 Å². The molecule has 59 heavy (non-hydrogen) atoms. The number of ketones is 1. The molecule has 13 nitrogen and oxygen atoms in total. The Bertz CT molecular complexity index is 2000. The number of hydrogen-bond acceptors (Lipinski definition) is 12. The van der Waals surface area contributed by atoms with Crippen molar-refractivity contribution in [3.63, 3.8) is 0 Å². The van der Waals surface area contributed by atoms with Crippen molar-refractivity contribution in [2.75, 3.05) is 13.2 Å². The van der Waals surface area contributed by atoms with Gasteiger partial charge >= 0.3 is 18.1 Å². The highest BCUT2D eigenvalue weighted by Gasteiger charge is 2.28. The van der Waals surface area contributed by atoms with Crippen molar-refractivity contribution in [3.8, 4) is 11.1 Å². The topological polar surface area (TPSA) is 191 Å². The summed E-state index contributed by atoms with van der Waals surface area (Å²) in [6, 6.07) is 12.8. The Morgan fingerprint density at radius 2 is 1.69 bits per heavy atom. The van der Waals surface area contributed by atoms with E-state index in [2.05, 4.69) is 23.8 Å². The first-order chi connectivity index (χ1) is 28.5. The molecule has 0 bridgehead atoms. The molecule has 2 fully saturated rings. The number of aliphatic hydroxyl groups excluding tert-OH is 1. The Balaban J connectivity index is 1.39. The van der Waals surface area contributed by atoms with Gasteiger partial charge in [-0.1, -0.05) is 69.5 Å². The van der Waals surface area contributed by atoms with Crippen LogP contribution in [0.3, 0.4) is 0 Å². The molecule has 2 aliphatic rings. The van der Waals surface area contributed by atoms with Crippen molar-refractivity contribution in [2.24, 2.45) is 5.92 Å². The summed E-state index contributed by atoms with van der Waals surface area (Å²) in [5.74, 6) is -1.95. The van der Waals surface area contributed by atoms with Crippen LogP contribution in [0.5, 0.6) is 0 Å². The average Bonchev–Trinajstić information content (AvgIpc) is 4.07. The fourth-order valence-electron chi connectivity index (χ4n) is 6.88. The number of unbranched alkanes of at least 4 members (excludes halogenated alkanes) is 3. The molecule has 0 radical (unpaired) electrons. The number of carbonyl (C=O) groups excluding carboxylic acids is 5. The monoisotopic (exact) mass is 809 g/mol. The second-order valence-corrected chi connectivity index (χ2v) is 15.2. The highest BCUT2D eigenvalue weighted by atomic mass is 16.8. The second kappa shape index (κ2) is 21.9. The van der Waals surface area contributed by atoms with Crippen LogP contribution in [0.25, 0.3) is 17.2 Å². The van der Waals surface area contributed by atoms with Crippen LogP contribution in [0.2, 0.25) is 0 Å². The van der Waals surface area contributed by atoms with Gasteiger partial charge < -0.3 is 34.8 Å². The summed E-state index contributed by atoms with van der Waals surface area (Å²) in [5.41, 5.74) is 2.33. The van der Waals surface area contributed by atoms with Crippen molar-refractivity contribution in [2.45, 2.75) is 116 Å². The van der Waals surface area contributed by atoms with Crippen molar-refractivity contribution < 1.29 is 48.0 Å². The van der Waals surface area contributed by atoms with Crippen LogP contribution in [-0.2, 0) is 36.8 Å². The standard InChI is InChI=1S/C46H55N3O10/c1-4-6-7-11-22-56-42(52)26-39(47)33-18-16-30(17-19-33)23-41(51)38-24-32(5-2)34(28-50)25-37(38)36-20-21-40(44(53)48-27-31-14-15-31)49-43(36)45(54)57-29(3)58-46(55)59-35-12-9-8-10-13-35/h5,16-21,24-25,29,31,35,47,50H,2,4,6-15,22-23,26-28H2,1,3H3,(H,48,53). The largest absolute Gasteiger partial charge is 0.511 e. The van der Waals surface area contributed by atoms with E-state index in [-0.39, 0.29) is 58.5 Å². The molecule has 5 rings (SSSR count). The third-order valence-corrected chi connectivity index (χ3v) is 10.4. The van der Waals surface area contributed by atoms with Crippen LogP contribution in [0.1, 0.15) is 144 Å². The maximum atomic E-state index is 14.2. The Morgan fingerprint density at radius 3 is 2.37 bits per heavy atom. The van der Waals surface area contributed by atoms with E-state index in [4.69, 9.17) is 24.4 Å². The highest BCUT2D eigenvalue weighted by molar-refractivity contribution is 6.09. The average molecular weight is 810 g/mol. The number of pyridine rings is 1. The normalized spacial score (nSPS) is 14.4. The molecule has 0 saturated heterocycles. The van der Waals surface area contributed by atoms with Crippen molar-refractivity contribution in [1.82, 2.24) is 10.3 Å². The molecule has 314 valence electrons. The Kier molecular flexibility index (Phi) is 16.5. The second-order valence-electron chi connectivity index (χ2n) is 15.2. The zero-order valence-corrected chi connectivity index (χ0v) is 34.0. The van der Waals surface area contributed by atoms with Crippen molar-refractivity contribution in [1.29, 1.82) is 5.41 Å². The van der Waals surface area contributed by atoms with Crippen LogP contribution < -0.4 is 5.32 Å². The Hall–Kier alpha value is -5.69. The van der Waals surface area contributed by atoms with Gasteiger partial charge in [0.05, 0.1) is 19.6 Å². The third-order valence-electron chi connectivity index (χ3n) is 10.4. The molecule has 2 aromatic carbocycles. The lowest BCUT2D eigenvalue weighted by atomic mass is 9.89. The lowest BCUT2D eigenvalue weighted by molar-refractivity contribution is -0.142. The van der Waals surface area contributed by atoms with E-state index in [1.807, 2.05) is 0 Å². The van der Waals surface area contributed by atoms with Gasteiger partial charge in [-0.2, -0.15) is 0 Å². The maximum Gasteiger partial charge on any atom is 0.511 e. The predicted molar refractivity (Wildman–Crippen MR) is 221 cm³/mol. The molecule has 2 aliphatic carbocycles. The van der Waals surface area contributed by atoms with Crippen LogP contribution in [0.4, 0.5) is 4.79 Å². The molecule has 0 aliphatic heterocycles. The number of aliphatic hydroxyl groups is 1. The third kappa shape index (κ3) is 13.2. The van der Waals surface area contributed by atoms with Crippen LogP contribution in [0, 0.1) is 11.3 Å². The number of nitrogens with zero attached hydrogens (tertiary/aromatic N) is 1. The number of Topliss-reactive ketones (excluding diaryl/α,β-unsaturated/α-hetero) is 1. The van der Waals surface area contributed by atoms with E-state index < -0.39 is 36.9 Å². The van der Waals surface area contributed by atoms with Gasteiger partial charge in [0.2, 0.25) is 6.29 Å². The molecule has 1 amide bonds. The number of esters is 2. The first-order valence-corrected chi connectivity index (χ1v) is 20.6. The van der Waals surface area contributed by atoms with Gasteiger partial charge in [0.1, 0.15) is 11.8 Å². The van der Waals surface area contributed by atoms with Gasteiger partial charge in [-0.15, -0.1) is 0 Å². The number of hydrogen-bond donors (Lipinski definition) is 3. The molecular formula is C46H55N3O10. The number of nitrogens with one attached hydrogen (secondary N) is 2. The zero-order chi connectivity index (χ0) is 42.3. The molecular weight excluding hydrogens is 755 g/mol. The van der Waals surface area contributed by atoms with E-state index >= 15 is 0 Å². The number of carbonyl (C=O) groups is 5.